The fraction of sp³-hybridized carbons (Fsp3) is 0.667. The van der Waals surface area contributed by atoms with Gasteiger partial charge >= 0.3 is 6.18 Å². The lowest BCUT2D eigenvalue weighted by Crippen LogP contribution is -2.32. The van der Waals surface area contributed by atoms with E-state index in [0.29, 0.717) is 12.1 Å². The molecule has 1 atom stereocenters. The molecule has 1 heterocycles. The van der Waals surface area contributed by atoms with E-state index in [1.165, 1.54) is 17.9 Å². The quantitative estimate of drug-likeness (QED) is 0.843. The summed E-state index contributed by atoms with van der Waals surface area (Å²) in [5, 5.41) is 6.26. The van der Waals surface area contributed by atoms with Crippen LogP contribution in [0.25, 0.3) is 0 Å². The lowest BCUT2D eigenvalue weighted by Gasteiger charge is -2.19. The van der Waals surface area contributed by atoms with Gasteiger partial charge in [0.25, 0.3) is 0 Å². The van der Waals surface area contributed by atoms with Crippen LogP contribution in [0.1, 0.15) is 24.2 Å². The second kappa shape index (κ2) is 4.22. The van der Waals surface area contributed by atoms with Crippen molar-refractivity contribution < 1.29 is 13.2 Å². The van der Waals surface area contributed by atoms with Gasteiger partial charge in [-0.25, -0.2) is 0 Å². The number of hydrogen-bond donors (Lipinski definition) is 1. The molecule has 0 bridgehead atoms. The first-order chi connectivity index (χ1) is 6.90. The van der Waals surface area contributed by atoms with Crippen LogP contribution >= 0.6 is 0 Å². The Labute approximate surface area is 86.3 Å². The number of nitrogens with one attached hydrogen (secondary N) is 1. The Bertz CT molecular complexity index is 330. The Balaban J connectivity index is 3.11. The zero-order valence-corrected chi connectivity index (χ0v) is 8.89. The van der Waals surface area contributed by atoms with Crippen LogP contribution in [0, 0.1) is 0 Å². The first-order valence-corrected chi connectivity index (χ1v) is 4.66. The maximum atomic E-state index is 12.6. The number of halogens is 3. The van der Waals surface area contributed by atoms with Crippen molar-refractivity contribution in [3.8, 4) is 0 Å². The maximum absolute atomic E-state index is 12.6. The third-order valence-corrected chi connectivity index (χ3v) is 2.20. The van der Waals surface area contributed by atoms with Crippen LogP contribution in [0.15, 0.2) is 6.20 Å². The summed E-state index contributed by atoms with van der Waals surface area (Å²) in [6.45, 7) is 1.79. The van der Waals surface area contributed by atoms with E-state index >= 15 is 0 Å². The van der Waals surface area contributed by atoms with E-state index in [0.717, 1.165) is 0 Å². The fourth-order valence-electron chi connectivity index (χ4n) is 1.56. The smallest absolute Gasteiger partial charge is 0.305 e. The van der Waals surface area contributed by atoms with E-state index in [9.17, 15) is 13.2 Å². The van der Waals surface area contributed by atoms with Gasteiger partial charge in [0.1, 0.15) is 6.04 Å². The summed E-state index contributed by atoms with van der Waals surface area (Å²) in [6, 6.07) is -1.64. The molecule has 1 aromatic rings. The van der Waals surface area contributed by atoms with Crippen molar-refractivity contribution >= 4 is 0 Å². The molecule has 0 radical (unpaired) electrons. The van der Waals surface area contributed by atoms with E-state index in [4.69, 9.17) is 0 Å². The minimum absolute atomic E-state index is 0.204. The van der Waals surface area contributed by atoms with Gasteiger partial charge in [-0.15, -0.1) is 0 Å². The van der Waals surface area contributed by atoms with Crippen molar-refractivity contribution in [3.05, 3.63) is 17.5 Å². The lowest BCUT2D eigenvalue weighted by atomic mass is 10.1. The molecule has 0 aromatic carbocycles. The highest BCUT2D eigenvalue weighted by Gasteiger charge is 2.41. The van der Waals surface area contributed by atoms with Crippen LogP contribution < -0.4 is 5.32 Å². The zero-order chi connectivity index (χ0) is 11.6. The van der Waals surface area contributed by atoms with Gasteiger partial charge in [0.2, 0.25) is 0 Å². The van der Waals surface area contributed by atoms with Crippen LogP contribution in [-0.4, -0.2) is 23.0 Å². The standard InChI is InChI=1S/C9H14F3N3/c1-4-7-6(5-15(3)14-7)8(13-2)9(10,11)12/h5,8,13H,4H2,1-3H3. The minimum atomic E-state index is -4.29. The van der Waals surface area contributed by atoms with Crippen molar-refractivity contribution in [3.63, 3.8) is 0 Å². The van der Waals surface area contributed by atoms with Gasteiger partial charge in [-0.2, -0.15) is 18.3 Å². The third kappa shape index (κ3) is 2.50. The molecule has 1 N–H and O–H groups in total. The van der Waals surface area contributed by atoms with Gasteiger partial charge in [-0.3, -0.25) is 4.68 Å². The van der Waals surface area contributed by atoms with Crippen molar-refractivity contribution in [1.29, 1.82) is 0 Å². The molecule has 1 rings (SSSR count). The van der Waals surface area contributed by atoms with E-state index in [2.05, 4.69) is 10.4 Å². The van der Waals surface area contributed by atoms with Crippen molar-refractivity contribution in [2.24, 2.45) is 7.05 Å². The Morgan fingerprint density at radius 2 is 2.13 bits per heavy atom. The van der Waals surface area contributed by atoms with Crippen molar-refractivity contribution in [2.45, 2.75) is 25.6 Å². The topological polar surface area (TPSA) is 29.9 Å². The van der Waals surface area contributed by atoms with Gasteiger partial charge in [0, 0.05) is 18.8 Å². The van der Waals surface area contributed by atoms with Gasteiger partial charge in [0.05, 0.1) is 5.69 Å². The largest absolute Gasteiger partial charge is 0.408 e. The number of rotatable bonds is 3. The molecule has 0 aliphatic rings. The zero-order valence-electron chi connectivity index (χ0n) is 8.89. The first-order valence-electron chi connectivity index (χ1n) is 4.66. The molecule has 6 heteroatoms. The van der Waals surface area contributed by atoms with Gasteiger partial charge in [0.15, 0.2) is 0 Å². The van der Waals surface area contributed by atoms with Crippen LogP contribution in [0.5, 0.6) is 0 Å². The Morgan fingerprint density at radius 1 is 1.53 bits per heavy atom. The Morgan fingerprint density at radius 3 is 2.53 bits per heavy atom. The highest BCUT2D eigenvalue weighted by molar-refractivity contribution is 5.22. The fourth-order valence-corrected chi connectivity index (χ4v) is 1.56. The molecule has 0 aliphatic heterocycles. The summed E-state index contributed by atoms with van der Waals surface area (Å²) >= 11 is 0. The summed E-state index contributed by atoms with van der Waals surface area (Å²) in [5.41, 5.74) is 0.684. The minimum Gasteiger partial charge on any atom is -0.305 e. The lowest BCUT2D eigenvalue weighted by molar-refractivity contribution is -0.156. The second-order valence-electron chi connectivity index (χ2n) is 3.32. The first kappa shape index (κ1) is 12.0. The van der Waals surface area contributed by atoms with Crippen LogP contribution in [-0.2, 0) is 13.5 Å². The average molecular weight is 221 g/mol. The summed E-state index contributed by atoms with van der Waals surface area (Å²) < 4.78 is 39.3. The van der Waals surface area contributed by atoms with Gasteiger partial charge in [-0.1, -0.05) is 6.92 Å². The molecule has 1 unspecified atom stereocenters. The predicted molar refractivity (Wildman–Crippen MR) is 50.4 cm³/mol. The summed E-state index contributed by atoms with van der Waals surface area (Å²) in [5.74, 6) is 0. The Hall–Kier alpha value is -1.04. The number of nitrogens with zero attached hydrogens (tertiary/aromatic N) is 2. The Kier molecular flexibility index (Phi) is 3.38. The molecule has 15 heavy (non-hydrogen) atoms. The molecule has 0 fully saturated rings. The van der Waals surface area contributed by atoms with Crippen LogP contribution in [0.4, 0.5) is 13.2 Å². The molecule has 1 aromatic heterocycles. The number of aromatic nitrogens is 2. The highest BCUT2D eigenvalue weighted by Crippen LogP contribution is 2.33. The second-order valence-corrected chi connectivity index (χ2v) is 3.32. The van der Waals surface area contributed by atoms with Gasteiger partial charge in [-0.05, 0) is 13.5 Å². The average Bonchev–Trinajstić information content (AvgIpc) is 2.45. The van der Waals surface area contributed by atoms with Crippen LogP contribution in [0.3, 0.4) is 0 Å². The van der Waals surface area contributed by atoms with Crippen LogP contribution in [0.2, 0.25) is 0 Å². The predicted octanol–water partition coefficient (Wildman–Crippen LogP) is 1.81. The maximum Gasteiger partial charge on any atom is 0.408 e. The van der Waals surface area contributed by atoms with Crippen molar-refractivity contribution in [2.75, 3.05) is 7.05 Å². The van der Waals surface area contributed by atoms with E-state index in [-0.39, 0.29) is 5.56 Å². The molecule has 0 saturated heterocycles. The summed E-state index contributed by atoms with van der Waals surface area (Å²) in [4.78, 5) is 0. The van der Waals surface area contributed by atoms with Gasteiger partial charge < -0.3 is 5.32 Å². The normalized spacial score (nSPS) is 14.3. The monoisotopic (exact) mass is 221 g/mol. The van der Waals surface area contributed by atoms with Crippen molar-refractivity contribution in [1.82, 2.24) is 15.1 Å². The number of alkyl halides is 3. The molecule has 0 amide bonds. The molecule has 0 aliphatic carbocycles. The van der Waals surface area contributed by atoms with E-state index in [1.54, 1.807) is 14.0 Å². The molecule has 86 valence electrons. The van der Waals surface area contributed by atoms with E-state index in [1.807, 2.05) is 0 Å². The van der Waals surface area contributed by atoms with E-state index < -0.39 is 12.2 Å². The molecular weight excluding hydrogens is 207 g/mol. The molecule has 0 saturated carbocycles. The summed E-state index contributed by atoms with van der Waals surface area (Å²) in [7, 11) is 2.91. The molecule has 0 spiro atoms. The molecule has 3 nitrogen and oxygen atoms in total. The third-order valence-electron chi connectivity index (χ3n) is 2.20. The SMILES string of the molecule is CCc1nn(C)cc1C(NC)C(F)(F)F. The number of aryl methyl sites for hydroxylation is 2. The number of hydrogen-bond acceptors (Lipinski definition) is 2. The highest BCUT2D eigenvalue weighted by atomic mass is 19.4. The molecular formula is C9H14F3N3. The summed E-state index contributed by atoms with van der Waals surface area (Å²) in [6.07, 6.45) is -2.39.